The number of aromatic nitrogens is 1. The molecule has 0 fully saturated rings. The minimum atomic E-state index is -0.125. The van der Waals surface area contributed by atoms with Gasteiger partial charge in [-0.25, -0.2) is 0 Å². The number of thiazole rings is 1. The maximum atomic E-state index is 10.0. The van der Waals surface area contributed by atoms with Gasteiger partial charge in [-0.05, 0) is 41.3 Å². The van der Waals surface area contributed by atoms with Crippen LogP contribution in [-0.2, 0) is 24.9 Å². The maximum Gasteiger partial charge on any atom is 0.155 e. The Kier molecular flexibility index (Phi) is 7.42. The van der Waals surface area contributed by atoms with Crippen molar-refractivity contribution in [2.24, 2.45) is 0 Å². The van der Waals surface area contributed by atoms with Crippen LogP contribution in [0.1, 0.15) is 13.8 Å². The molecule has 0 unspecified atom stereocenters. The Bertz CT molecular complexity index is 1550. The topological polar surface area (TPSA) is 50.2 Å². The minimum absolute atomic E-state index is 0. The first-order valence-electron chi connectivity index (χ1n) is 11.0. The Balaban J connectivity index is 0.000000320. The van der Waals surface area contributed by atoms with Gasteiger partial charge in [-0.3, -0.25) is 9.78 Å². The van der Waals surface area contributed by atoms with Gasteiger partial charge in [-0.2, -0.15) is 11.3 Å². The van der Waals surface area contributed by atoms with Crippen molar-refractivity contribution in [3.8, 4) is 44.0 Å². The Morgan fingerprint density at radius 3 is 2.09 bits per heavy atom. The summed E-state index contributed by atoms with van der Waals surface area (Å²) in [4.78, 5) is 14.5. The third kappa shape index (κ3) is 4.89. The largest absolute Gasteiger partial charge is 0.512 e. The first-order chi connectivity index (χ1) is 16.5. The fourth-order valence-corrected chi connectivity index (χ4v) is 5.07. The molecule has 1 heterocycles. The smallest absolute Gasteiger partial charge is 0.155 e. The molecule has 0 saturated heterocycles. The predicted molar refractivity (Wildman–Crippen MR) is 141 cm³/mol. The van der Waals surface area contributed by atoms with Gasteiger partial charge in [0, 0.05) is 42.8 Å². The van der Waals surface area contributed by atoms with E-state index in [2.05, 4.69) is 83.8 Å². The van der Waals surface area contributed by atoms with Gasteiger partial charge in [0.15, 0.2) is 5.78 Å². The van der Waals surface area contributed by atoms with Crippen molar-refractivity contribution in [3.05, 3.63) is 102 Å². The zero-order chi connectivity index (χ0) is 23.7. The van der Waals surface area contributed by atoms with E-state index < -0.39 is 0 Å². The molecule has 0 amide bonds. The molecule has 4 aromatic carbocycles. The summed E-state index contributed by atoms with van der Waals surface area (Å²) in [6.07, 6.45) is 3.02. The molecule has 5 aromatic rings. The van der Waals surface area contributed by atoms with Crippen molar-refractivity contribution in [3.63, 3.8) is 0 Å². The molecule has 1 aliphatic carbocycles. The van der Waals surface area contributed by atoms with E-state index in [0.29, 0.717) is 0 Å². The minimum Gasteiger partial charge on any atom is -0.512 e. The van der Waals surface area contributed by atoms with Crippen LogP contribution >= 0.6 is 11.3 Å². The molecule has 1 N–H and O–H groups in total. The van der Waals surface area contributed by atoms with Crippen molar-refractivity contribution >= 4 is 27.9 Å². The molecule has 0 aliphatic heterocycles. The second-order valence-corrected chi connectivity index (χ2v) is 9.06. The normalized spacial score (nSPS) is 11.3. The van der Waals surface area contributed by atoms with Gasteiger partial charge in [-0.1, -0.05) is 77.4 Å². The molecular weight excluding hydrogens is 631 g/mol. The second kappa shape index (κ2) is 10.5. The molecule has 175 valence electrons. The van der Waals surface area contributed by atoms with E-state index in [0.717, 1.165) is 10.6 Å². The molecule has 1 radical (unpaired) electrons. The van der Waals surface area contributed by atoms with Gasteiger partial charge in [0.05, 0.1) is 5.76 Å². The summed E-state index contributed by atoms with van der Waals surface area (Å²) in [7, 11) is 0. The SMILES string of the molecule is CC(=O)/C=C(/C)O.[Ir].[c-]1cc2c(cc1-c1nccs1)-c1ccccc1-c1cccc3cccc-2c13. The van der Waals surface area contributed by atoms with E-state index in [-0.39, 0.29) is 31.6 Å². The number of allylic oxidation sites excluding steroid dienone is 2. The number of aliphatic hydroxyl groups excluding tert-OH is 1. The molecule has 6 rings (SSSR count). The van der Waals surface area contributed by atoms with E-state index in [1.54, 1.807) is 11.3 Å². The second-order valence-electron chi connectivity index (χ2n) is 8.16. The molecule has 3 nitrogen and oxygen atoms in total. The number of ketones is 1. The molecule has 0 spiro atoms. The summed E-state index contributed by atoms with van der Waals surface area (Å²) in [5, 5.41) is 14.0. The van der Waals surface area contributed by atoms with Crippen LogP contribution in [0, 0.1) is 6.07 Å². The summed E-state index contributed by atoms with van der Waals surface area (Å²) in [6.45, 7) is 2.85. The monoisotopic (exact) mass is 653 g/mol. The van der Waals surface area contributed by atoms with Crippen LogP contribution in [-0.4, -0.2) is 15.9 Å². The predicted octanol–water partition coefficient (Wildman–Crippen LogP) is 8.11. The summed E-state index contributed by atoms with van der Waals surface area (Å²) < 4.78 is 0. The number of rotatable bonds is 2. The fraction of sp³-hybridized carbons (Fsp3) is 0.0667. The number of benzene rings is 4. The molecule has 1 aliphatic rings. The molecule has 0 bridgehead atoms. The number of nitrogens with zero attached hydrogens (tertiary/aromatic N) is 1. The van der Waals surface area contributed by atoms with E-state index in [1.807, 2.05) is 11.6 Å². The number of hydrogen-bond acceptors (Lipinski definition) is 4. The van der Waals surface area contributed by atoms with Crippen LogP contribution in [0.4, 0.5) is 0 Å². The quantitative estimate of drug-likeness (QED) is 0.117. The number of fused-ring (bicyclic) bond motifs is 5. The van der Waals surface area contributed by atoms with Crippen molar-refractivity contribution in [1.82, 2.24) is 4.98 Å². The summed E-state index contributed by atoms with van der Waals surface area (Å²) in [6, 6.07) is 29.7. The zero-order valence-electron chi connectivity index (χ0n) is 19.2. The van der Waals surface area contributed by atoms with Crippen LogP contribution in [0.3, 0.4) is 0 Å². The van der Waals surface area contributed by atoms with E-state index in [4.69, 9.17) is 5.11 Å². The van der Waals surface area contributed by atoms with Crippen LogP contribution in [0.5, 0.6) is 0 Å². The van der Waals surface area contributed by atoms with Crippen LogP contribution in [0.2, 0.25) is 0 Å². The summed E-state index contributed by atoms with van der Waals surface area (Å²) in [5.41, 5.74) is 8.66. The van der Waals surface area contributed by atoms with E-state index >= 15 is 0 Å². The summed E-state index contributed by atoms with van der Waals surface area (Å²) >= 11 is 1.65. The van der Waals surface area contributed by atoms with Crippen LogP contribution < -0.4 is 0 Å². The number of carbonyl (C=O) groups is 1. The molecule has 0 atom stereocenters. The standard InChI is InChI=1S/C25H14NS.C5H8O2.Ir/c1-2-8-19-18(7-1)21-9-3-5-16-6-4-10-22(24(16)21)20-12-11-17(15-23(19)20)25-26-13-14-27-25;1-4(6)3-5(2)7;/h1-10,12-15H;3,6H,1-2H3;/q-1;;/b;4-3-;. The number of hydrogen-bond donors (Lipinski definition) is 1. The molecule has 0 saturated carbocycles. The maximum absolute atomic E-state index is 10.0. The van der Waals surface area contributed by atoms with Crippen LogP contribution in [0.25, 0.3) is 54.7 Å². The average molecular weight is 653 g/mol. The molecule has 1 aromatic heterocycles. The molecule has 5 heteroatoms. The van der Waals surface area contributed by atoms with Gasteiger partial charge in [0.1, 0.15) is 0 Å². The van der Waals surface area contributed by atoms with Crippen molar-refractivity contribution in [2.75, 3.05) is 0 Å². The third-order valence-electron chi connectivity index (χ3n) is 5.73. The van der Waals surface area contributed by atoms with Gasteiger partial charge in [0.25, 0.3) is 0 Å². The Hall–Kier alpha value is -3.37. The zero-order valence-corrected chi connectivity index (χ0v) is 22.4. The Labute approximate surface area is 222 Å². The number of carbonyl (C=O) groups excluding carboxylic acids is 1. The summed E-state index contributed by atoms with van der Waals surface area (Å²) in [5.74, 6) is -0.0625. The third-order valence-corrected chi connectivity index (χ3v) is 6.53. The fourth-order valence-electron chi connectivity index (χ4n) is 4.45. The first kappa shape index (κ1) is 24.7. The van der Waals surface area contributed by atoms with E-state index in [1.165, 1.54) is 64.1 Å². The first-order valence-corrected chi connectivity index (χ1v) is 11.9. The van der Waals surface area contributed by atoms with Crippen LogP contribution in [0.15, 0.2) is 96.2 Å². The van der Waals surface area contributed by atoms with Crippen molar-refractivity contribution in [2.45, 2.75) is 13.8 Å². The van der Waals surface area contributed by atoms with Gasteiger partial charge >= 0.3 is 0 Å². The molecule has 35 heavy (non-hydrogen) atoms. The van der Waals surface area contributed by atoms with Gasteiger partial charge < -0.3 is 5.11 Å². The average Bonchev–Trinajstić information content (AvgIpc) is 3.34. The van der Waals surface area contributed by atoms with Crippen molar-refractivity contribution < 1.29 is 30.0 Å². The van der Waals surface area contributed by atoms with E-state index in [9.17, 15) is 4.79 Å². The van der Waals surface area contributed by atoms with Crippen molar-refractivity contribution in [1.29, 1.82) is 0 Å². The van der Waals surface area contributed by atoms with Gasteiger partial charge in [0.2, 0.25) is 0 Å². The van der Waals surface area contributed by atoms with Gasteiger partial charge in [-0.15, -0.1) is 23.8 Å². The Morgan fingerprint density at radius 2 is 1.51 bits per heavy atom. The Morgan fingerprint density at radius 1 is 0.886 bits per heavy atom. The molecular formula is C30H22IrNO2S-. The number of aliphatic hydroxyl groups is 1.